The molecule has 1 aliphatic rings. The monoisotopic (exact) mass is 399 g/mol. The van der Waals surface area contributed by atoms with Gasteiger partial charge in [-0.15, -0.1) is 0 Å². The van der Waals surface area contributed by atoms with Gasteiger partial charge in [0.1, 0.15) is 0 Å². The highest BCUT2D eigenvalue weighted by molar-refractivity contribution is 6.01. The quantitative estimate of drug-likeness (QED) is 0.459. The van der Waals surface area contributed by atoms with Crippen molar-refractivity contribution < 1.29 is 9.53 Å². The number of carbonyl (C=O) groups excluding carboxylic acids is 1. The first kappa shape index (κ1) is 20.4. The fraction of sp³-hybridized carbons (Fsp3) is 0.296. The fourth-order valence-corrected chi connectivity index (χ4v) is 4.25. The molecule has 3 heteroatoms. The van der Waals surface area contributed by atoms with E-state index in [4.69, 9.17) is 4.74 Å². The lowest BCUT2D eigenvalue weighted by atomic mass is 9.95. The van der Waals surface area contributed by atoms with Crippen LogP contribution in [-0.2, 0) is 11.3 Å². The Morgan fingerprint density at radius 3 is 2.37 bits per heavy atom. The molecule has 0 bridgehead atoms. The molecule has 4 rings (SSSR count). The van der Waals surface area contributed by atoms with E-state index in [9.17, 15) is 4.79 Å². The third kappa shape index (κ3) is 4.98. The minimum Gasteiger partial charge on any atom is -0.377 e. The van der Waals surface area contributed by atoms with E-state index in [-0.39, 0.29) is 11.9 Å². The van der Waals surface area contributed by atoms with Crippen LogP contribution in [0.15, 0.2) is 84.9 Å². The van der Waals surface area contributed by atoms with Gasteiger partial charge in [-0.25, -0.2) is 0 Å². The molecule has 1 atom stereocenters. The number of benzene rings is 3. The van der Waals surface area contributed by atoms with Crippen molar-refractivity contribution in [3.8, 4) is 11.1 Å². The lowest BCUT2D eigenvalue weighted by molar-refractivity contribution is 0.0495. The van der Waals surface area contributed by atoms with Crippen LogP contribution >= 0.6 is 0 Å². The van der Waals surface area contributed by atoms with Gasteiger partial charge in [-0.05, 0) is 48.4 Å². The lowest BCUT2D eigenvalue weighted by Gasteiger charge is -2.36. The zero-order valence-corrected chi connectivity index (χ0v) is 17.4. The third-order valence-electron chi connectivity index (χ3n) is 5.84. The summed E-state index contributed by atoms with van der Waals surface area (Å²) in [7, 11) is 0. The largest absolute Gasteiger partial charge is 0.377 e. The summed E-state index contributed by atoms with van der Waals surface area (Å²) in [6.45, 7) is 2.12. The number of nitrogens with zero attached hydrogens (tertiary/aromatic N) is 1. The van der Waals surface area contributed by atoms with E-state index in [1.54, 1.807) is 0 Å². The Bertz CT molecular complexity index is 939. The van der Waals surface area contributed by atoms with Crippen LogP contribution in [0, 0.1) is 0 Å². The highest BCUT2D eigenvalue weighted by atomic mass is 16.5. The van der Waals surface area contributed by atoms with Crippen molar-refractivity contribution in [2.75, 3.05) is 13.2 Å². The summed E-state index contributed by atoms with van der Waals surface area (Å²) in [5, 5.41) is 0. The van der Waals surface area contributed by atoms with Crippen LogP contribution in [0.2, 0.25) is 0 Å². The van der Waals surface area contributed by atoms with Gasteiger partial charge in [0.2, 0.25) is 0 Å². The van der Waals surface area contributed by atoms with Gasteiger partial charge >= 0.3 is 0 Å². The second-order valence-electron chi connectivity index (χ2n) is 7.89. The molecule has 1 heterocycles. The van der Waals surface area contributed by atoms with Crippen molar-refractivity contribution in [1.82, 2.24) is 4.90 Å². The molecule has 0 saturated carbocycles. The third-order valence-corrected chi connectivity index (χ3v) is 5.84. The minimum absolute atomic E-state index is 0.141. The number of likely N-dealkylation sites (tertiary alicyclic amines) is 1. The second-order valence-corrected chi connectivity index (χ2v) is 7.89. The van der Waals surface area contributed by atoms with Gasteiger partial charge in [0.05, 0.1) is 6.61 Å². The number of amides is 1. The SMILES string of the molecule is O=C(c1ccccc1-c1ccccc1)N1CCCCC1CCOCc1ccccc1. The van der Waals surface area contributed by atoms with Crippen molar-refractivity contribution in [2.45, 2.75) is 38.3 Å². The maximum Gasteiger partial charge on any atom is 0.254 e. The Balaban J connectivity index is 1.43. The van der Waals surface area contributed by atoms with Crippen LogP contribution in [0.1, 0.15) is 41.6 Å². The van der Waals surface area contributed by atoms with Gasteiger partial charge in [0, 0.05) is 24.8 Å². The fourth-order valence-electron chi connectivity index (χ4n) is 4.25. The Kier molecular flexibility index (Phi) is 6.94. The topological polar surface area (TPSA) is 29.5 Å². The molecule has 0 N–H and O–H groups in total. The Hall–Kier alpha value is -2.91. The van der Waals surface area contributed by atoms with Crippen LogP contribution in [0.25, 0.3) is 11.1 Å². The second kappa shape index (κ2) is 10.2. The normalized spacial score (nSPS) is 16.4. The lowest BCUT2D eigenvalue weighted by Crippen LogP contribution is -2.44. The molecule has 1 fully saturated rings. The van der Waals surface area contributed by atoms with Crippen molar-refractivity contribution in [2.24, 2.45) is 0 Å². The number of carbonyl (C=O) groups is 1. The summed E-state index contributed by atoms with van der Waals surface area (Å²) in [5.74, 6) is 0.141. The molecule has 1 amide bonds. The Morgan fingerprint density at radius 2 is 1.57 bits per heavy atom. The molecule has 0 radical (unpaired) electrons. The van der Waals surface area contributed by atoms with Crippen LogP contribution in [0.4, 0.5) is 0 Å². The van der Waals surface area contributed by atoms with Gasteiger partial charge < -0.3 is 9.64 Å². The summed E-state index contributed by atoms with van der Waals surface area (Å²) >= 11 is 0. The molecule has 0 spiro atoms. The van der Waals surface area contributed by atoms with E-state index in [1.807, 2.05) is 60.7 Å². The Morgan fingerprint density at radius 1 is 0.867 bits per heavy atom. The summed E-state index contributed by atoms with van der Waals surface area (Å²) in [6.07, 6.45) is 4.17. The predicted molar refractivity (Wildman–Crippen MR) is 121 cm³/mol. The zero-order chi connectivity index (χ0) is 20.6. The van der Waals surface area contributed by atoms with E-state index in [0.29, 0.717) is 13.2 Å². The minimum atomic E-state index is 0.141. The Labute approximate surface area is 179 Å². The predicted octanol–water partition coefficient (Wildman–Crippen LogP) is 5.96. The van der Waals surface area contributed by atoms with E-state index >= 15 is 0 Å². The molecule has 0 aromatic heterocycles. The van der Waals surface area contributed by atoms with E-state index in [0.717, 1.165) is 42.5 Å². The number of piperidine rings is 1. The van der Waals surface area contributed by atoms with Crippen LogP contribution in [-0.4, -0.2) is 30.0 Å². The number of rotatable bonds is 7. The molecule has 3 aromatic rings. The summed E-state index contributed by atoms with van der Waals surface area (Å²) in [5.41, 5.74) is 4.07. The maximum absolute atomic E-state index is 13.5. The molecule has 30 heavy (non-hydrogen) atoms. The zero-order valence-electron chi connectivity index (χ0n) is 17.4. The maximum atomic E-state index is 13.5. The van der Waals surface area contributed by atoms with E-state index in [2.05, 4.69) is 29.2 Å². The number of ether oxygens (including phenoxy) is 1. The summed E-state index contributed by atoms with van der Waals surface area (Å²) in [4.78, 5) is 15.6. The molecule has 0 aliphatic carbocycles. The highest BCUT2D eigenvalue weighted by Crippen LogP contribution is 2.28. The van der Waals surface area contributed by atoms with Gasteiger partial charge in [0.15, 0.2) is 0 Å². The molecular formula is C27H29NO2. The van der Waals surface area contributed by atoms with E-state index in [1.165, 1.54) is 12.0 Å². The molecular weight excluding hydrogens is 370 g/mol. The van der Waals surface area contributed by atoms with Crippen molar-refractivity contribution in [1.29, 1.82) is 0 Å². The van der Waals surface area contributed by atoms with Crippen LogP contribution < -0.4 is 0 Å². The number of hydrogen-bond donors (Lipinski definition) is 0. The summed E-state index contributed by atoms with van der Waals surface area (Å²) < 4.78 is 5.91. The van der Waals surface area contributed by atoms with Gasteiger partial charge in [-0.1, -0.05) is 78.9 Å². The van der Waals surface area contributed by atoms with Crippen molar-refractivity contribution in [3.63, 3.8) is 0 Å². The number of hydrogen-bond acceptors (Lipinski definition) is 2. The molecule has 3 nitrogen and oxygen atoms in total. The summed E-state index contributed by atoms with van der Waals surface area (Å²) in [6, 6.07) is 28.6. The smallest absolute Gasteiger partial charge is 0.254 e. The van der Waals surface area contributed by atoms with Crippen molar-refractivity contribution in [3.05, 3.63) is 96.1 Å². The first-order valence-corrected chi connectivity index (χ1v) is 10.9. The first-order valence-electron chi connectivity index (χ1n) is 10.9. The van der Waals surface area contributed by atoms with Crippen LogP contribution in [0.5, 0.6) is 0 Å². The molecule has 3 aromatic carbocycles. The van der Waals surface area contributed by atoms with Gasteiger partial charge in [0.25, 0.3) is 5.91 Å². The van der Waals surface area contributed by atoms with Crippen molar-refractivity contribution >= 4 is 5.91 Å². The van der Waals surface area contributed by atoms with E-state index < -0.39 is 0 Å². The first-order chi connectivity index (χ1) is 14.8. The molecule has 154 valence electrons. The molecule has 1 aliphatic heterocycles. The van der Waals surface area contributed by atoms with Gasteiger partial charge in [-0.2, -0.15) is 0 Å². The standard InChI is InChI=1S/C27H29NO2/c29-27(26-17-8-7-16-25(26)23-13-5-2-6-14-23)28-19-10-9-15-24(28)18-20-30-21-22-11-3-1-4-12-22/h1-8,11-14,16-17,24H,9-10,15,18-21H2. The average Bonchev–Trinajstić information content (AvgIpc) is 2.83. The van der Waals surface area contributed by atoms with Gasteiger partial charge in [-0.3, -0.25) is 4.79 Å². The molecule has 1 saturated heterocycles. The highest BCUT2D eigenvalue weighted by Gasteiger charge is 2.28. The average molecular weight is 400 g/mol. The molecule has 1 unspecified atom stereocenters. The van der Waals surface area contributed by atoms with Crippen LogP contribution in [0.3, 0.4) is 0 Å².